The predicted octanol–water partition coefficient (Wildman–Crippen LogP) is 2.46. The highest BCUT2D eigenvalue weighted by Crippen LogP contribution is 2.22. The summed E-state index contributed by atoms with van der Waals surface area (Å²) >= 11 is 0. The molecule has 0 saturated carbocycles. The molecule has 0 spiro atoms. The summed E-state index contributed by atoms with van der Waals surface area (Å²) in [6.07, 6.45) is 0. The summed E-state index contributed by atoms with van der Waals surface area (Å²) < 4.78 is 52.3. The summed E-state index contributed by atoms with van der Waals surface area (Å²) in [6.45, 7) is 0. The van der Waals surface area contributed by atoms with Gasteiger partial charge in [-0.15, -0.1) is 0 Å². The van der Waals surface area contributed by atoms with E-state index in [2.05, 4.69) is 0 Å². The van der Waals surface area contributed by atoms with Crippen molar-refractivity contribution in [2.24, 2.45) is 0 Å². The molecule has 5 nitrogen and oxygen atoms in total. The second-order valence-corrected chi connectivity index (χ2v) is 5.74. The Hall–Kier alpha value is -2.48. The van der Waals surface area contributed by atoms with Gasteiger partial charge in [0.25, 0.3) is 10.0 Å². The van der Waals surface area contributed by atoms with Crippen molar-refractivity contribution in [3.63, 3.8) is 0 Å². The number of hydrogen-bond acceptors (Lipinski definition) is 3. The minimum Gasteiger partial charge on any atom is -0.478 e. The van der Waals surface area contributed by atoms with Crippen molar-refractivity contribution in [3.8, 4) is 0 Å². The number of benzene rings is 2. The summed E-state index contributed by atoms with van der Waals surface area (Å²) in [6, 6.07) is 6.70. The van der Waals surface area contributed by atoms with Crippen molar-refractivity contribution in [2.75, 3.05) is 4.72 Å². The lowest BCUT2D eigenvalue weighted by molar-refractivity contribution is 0.0698. The molecule has 0 unspecified atom stereocenters. The summed E-state index contributed by atoms with van der Waals surface area (Å²) in [4.78, 5) is 10.6. The smallest absolute Gasteiger partial charge is 0.337 e. The Balaban J connectivity index is 2.46. The van der Waals surface area contributed by atoms with E-state index in [-0.39, 0.29) is 0 Å². The Bertz CT molecular complexity index is 806. The van der Waals surface area contributed by atoms with Crippen LogP contribution in [0.4, 0.5) is 14.5 Å². The lowest BCUT2D eigenvalue weighted by Crippen LogP contribution is -2.16. The van der Waals surface area contributed by atoms with Crippen LogP contribution in [-0.2, 0) is 10.0 Å². The van der Waals surface area contributed by atoms with Crippen molar-refractivity contribution < 1.29 is 27.1 Å². The van der Waals surface area contributed by atoms with Crippen LogP contribution in [0.25, 0.3) is 0 Å². The minimum atomic E-state index is -4.23. The number of carboxylic acid groups (broad SMARTS) is 1. The zero-order valence-corrected chi connectivity index (χ0v) is 11.2. The Morgan fingerprint density at radius 1 is 1.05 bits per heavy atom. The van der Waals surface area contributed by atoms with Gasteiger partial charge in [-0.25, -0.2) is 22.0 Å². The molecule has 0 atom stereocenters. The molecule has 2 aromatic rings. The van der Waals surface area contributed by atoms with Crippen molar-refractivity contribution in [3.05, 3.63) is 59.7 Å². The molecule has 0 heterocycles. The summed E-state index contributed by atoms with van der Waals surface area (Å²) in [7, 11) is -4.23. The number of nitrogens with one attached hydrogen (secondary N) is 1. The number of halogens is 2. The third kappa shape index (κ3) is 3.34. The molecule has 0 aromatic heterocycles. The fourth-order valence-electron chi connectivity index (χ4n) is 1.63. The second kappa shape index (κ2) is 5.49. The molecule has 0 fully saturated rings. The van der Waals surface area contributed by atoms with Gasteiger partial charge in [-0.1, -0.05) is 6.07 Å². The topological polar surface area (TPSA) is 83.5 Å². The fraction of sp³-hybridized carbons (Fsp3) is 0. The van der Waals surface area contributed by atoms with E-state index in [1.165, 1.54) is 6.07 Å². The highest BCUT2D eigenvalue weighted by Gasteiger charge is 2.19. The van der Waals surface area contributed by atoms with Gasteiger partial charge in [0.05, 0.1) is 16.1 Å². The average molecular weight is 313 g/mol. The van der Waals surface area contributed by atoms with E-state index >= 15 is 0 Å². The molecule has 2 rings (SSSR count). The maximum absolute atomic E-state index is 13.2. The van der Waals surface area contributed by atoms with Crippen LogP contribution in [0, 0.1) is 11.6 Å². The normalized spacial score (nSPS) is 11.1. The number of hydrogen-bond donors (Lipinski definition) is 2. The molecule has 2 aromatic carbocycles. The van der Waals surface area contributed by atoms with E-state index in [9.17, 15) is 22.0 Å². The number of carboxylic acids is 1. The van der Waals surface area contributed by atoms with Gasteiger partial charge in [0.2, 0.25) is 0 Å². The van der Waals surface area contributed by atoms with Gasteiger partial charge in [0.15, 0.2) is 0 Å². The van der Waals surface area contributed by atoms with Crippen LogP contribution in [0.2, 0.25) is 0 Å². The number of rotatable bonds is 4. The molecule has 0 aliphatic carbocycles. The van der Waals surface area contributed by atoms with E-state index in [1.807, 2.05) is 4.72 Å². The van der Waals surface area contributed by atoms with E-state index < -0.39 is 43.8 Å². The third-order valence-corrected chi connectivity index (χ3v) is 3.93. The molecule has 0 aliphatic rings. The maximum atomic E-state index is 13.2. The van der Waals surface area contributed by atoms with Crippen LogP contribution < -0.4 is 4.72 Å². The molecular weight excluding hydrogens is 304 g/mol. The van der Waals surface area contributed by atoms with Crippen molar-refractivity contribution in [1.29, 1.82) is 0 Å². The molecule has 0 aliphatic heterocycles. The van der Waals surface area contributed by atoms with Gasteiger partial charge in [0.1, 0.15) is 11.6 Å². The molecule has 8 heteroatoms. The molecule has 2 N–H and O–H groups in total. The Kier molecular flexibility index (Phi) is 3.90. The summed E-state index contributed by atoms with van der Waals surface area (Å²) in [5.74, 6) is -3.00. The first-order valence-electron chi connectivity index (χ1n) is 5.61. The van der Waals surface area contributed by atoms with E-state index in [0.717, 1.165) is 36.4 Å². The van der Waals surface area contributed by atoms with Gasteiger partial charge < -0.3 is 5.11 Å². The van der Waals surface area contributed by atoms with Crippen LogP contribution in [0.1, 0.15) is 10.4 Å². The zero-order valence-electron chi connectivity index (χ0n) is 10.4. The third-order valence-electron chi connectivity index (χ3n) is 2.56. The molecule has 21 heavy (non-hydrogen) atoms. The first-order valence-corrected chi connectivity index (χ1v) is 7.09. The van der Waals surface area contributed by atoms with Gasteiger partial charge in [-0.2, -0.15) is 0 Å². The second-order valence-electron chi connectivity index (χ2n) is 4.06. The quantitative estimate of drug-likeness (QED) is 0.908. The van der Waals surface area contributed by atoms with E-state index in [4.69, 9.17) is 5.11 Å². The van der Waals surface area contributed by atoms with Gasteiger partial charge >= 0.3 is 5.97 Å². The van der Waals surface area contributed by atoms with Crippen LogP contribution >= 0.6 is 0 Å². The molecule has 0 bridgehead atoms. The molecule has 0 saturated heterocycles. The molecule has 110 valence electrons. The van der Waals surface area contributed by atoms with Crippen molar-refractivity contribution >= 4 is 21.7 Å². The van der Waals surface area contributed by atoms with Crippen LogP contribution in [0.3, 0.4) is 0 Å². The summed E-state index contributed by atoms with van der Waals surface area (Å²) in [5.41, 5.74) is -0.858. The fourth-order valence-corrected chi connectivity index (χ4v) is 2.73. The minimum absolute atomic E-state index is 0.400. The van der Waals surface area contributed by atoms with Crippen molar-refractivity contribution in [1.82, 2.24) is 0 Å². The largest absolute Gasteiger partial charge is 0.478 e. The average Bonchev–Trinajstić information content (AvgIpc) is 2.38. The van der Waals surface area contributed by atoms with Gasteiger partial charge in [-0.05, 0) is 36.4 Å². The molecule has 0 amide bonds. The van der Waals surface area contributed by atoms with E-state index in [0.29, 0.717) is 0 Å². The first-order chi connectivity index (χ1) is 9.79. The van der Waals surface area contributed by atoms with Crippen LogP contribution in [0.15, 0.2) is 47.4 Å². The molecule has 0 radical (unpaired) electrons. The predicted molar refractivity (Wildman–Crippen MR) is 70.6 cm³/mol. The number of carbonyl (C=O) groups is 1. The monoisotopic (exact) mass is 313 g/mol. The Labute approximate surface area is 118 Å². The SMILES string of the molecule is O=C(O)c1ccc(F)cc1NS(=O)(=O)c1cccc(F)c1. The molecular formula is C13H9F2NO4S. The number of aromatic carboxylic acids is 1. The van der Waals surface area contributed by atoms with E-state index in [1.54, 1.807) is 0 Å². The standard InChI is InChI=1S/C13H9F2NO4S/c14-8-2-1-3-10(6-8)21(19,20)16-12-7-9(15)4-5-11(12)13(17)18/h1-7,16H,(H,17,18). The number of sulfonamides is 1. The number of anilines is 1. The van der Waals surface area contributed by atoms with Crippen molar-refractivity contribution in [2.45, 2.75) is 4.90 Å². The first kappa shape index (κ1) is 14.9. The Morgan fingerprint density at radius 3 is 2.33 bits per heavy atom. The van der Waals surface area contributed by atoms with Gasteiger partial charge in [0, 0.05) is 0 Å². The lowest BCUT2D eigenvalue weighted by atomic mass is 10.2. The maximum Gasteiger partial charge on any atom is 0.337 e. The lowest BCUT2D eigenvalue weighted by Gasteiger charge is -2.10. The van der Waals surface area contributed by atoms with Crippen LogP contribution in [-0.4, -0.2) is 19.5 Å². The van der Waals surface area contributed by atoms with Gasteiger partial charge in [-0.3, -0.25) is 4.72 Å². The highest BCUT2D eigenvalue weighted by molar-refractivity contribution is 7.92. The highest BCUT2D eigenvalue weighted by atomic mass is 32.2. The zero-order chi connectivity index (χ0) is 15.6. The Morgan fingerprint density at radius 2 is 1.71 bits per heavy atom. The van der Waals surface area contributed by atoms with Crippen LogP contribution in [0.5, 0.6) is 0 Å². The summed E-state index contributed by atoms with van der Waals surface area (Å²) in [5, 5.41) is 8.95.